The van der Waals surface area contributed by atoms with Crippen molar-refractivity contribution in [3.05, 3.63) is 170 Å². The zero-order chi connectivity index (χ0) is 32.3. The third-order valence-corrected chi connectivity index (χ3v) is 10.6. The molecule has 10 aromatic rings. The number of para-hydroxylation sites is 1. The second-order valence-corrected chi connectivity index (χ2v) is 13.4. The zero-order valence-electron chi connectivity index (χ0n) is 26.4. The van der Waals surface area contributed by atoms with Gasteiger partial charge in [0.1, 0.15) is 11.0 Å². The van der Waals surface area contributed by atoms with Gasteiger partial charge in [-0.25, -0.2) is 0 Å². The van der Waals surface area contributed by atoms with Crippen molar-refractivity contribution in [2.45, 2.75) is 0 Å². The number of hydrogen-bond donors (Lipinski definition) is 0. The van der Waals surface area contributed by atoms with Gasteiger partial charge in [0.05, 0.1) is 11.4 Å². The summed E-state index contributed by atoms with van der Waals surface area (Å²) in [6, 6.07) is 60.5. The van der Waals surface area contributed by atoms with Gasteiger partial charge in [-0.3, -0.25) is 0 Å². The summed E-state index contributed by atoms with van der Waals surface area (Å²) >= 11 is 1.85. The normalized spacial score (nSPS) is 11.7. The average molecular weight is 645 g/mol. The highest BCUT2D eigenvalue weighted by atomic mass is 32.1. The molecule has 0 fully saturated rings. The number of benzene rings is 8. The standard InChI is InChI=1S/C44H28N4S/c1-3-10-29(11-4-1)30-20-23-33(24-21-30)47(39-15-9-17-41-43(39)37-14-7-8-16-40(37)49-41)35-25-26-36-32(28-35)19-18-31-22-27-38-44(42(31)36)46-48(45-38)34-12-5-2-6-13-34/h1-28H. The predicted molar refractivity (Wildman–Crippen MR) is 207 cm³/mol. The van der Waals surface area contributed by atoms with Crippen LogP contribution in [0.15, 0.2) is 170 Å². The lowest BCUT2D eigenvalue weighted by molar-refractivity contribution is 0.766. The summed E-state index contributed by atoms with van der Waals surface area (Å²) in [7, 11) is 0. The topological polar surface area (TPSA) is 34.0 Å². The van der Waals surface area contributed by atoms with Crippen LogP contribution in [-0.4, -0.2) is 15.0 Å². The second kappa shape index (κ2) is 11.2. The molecule has 0 aliphatic heterocycles. The molecular formula is C44H28N4S. The van der Waals surface area contributed by atoms with E-state index in [9.17, 15) is 0 Å². The minimum atomic E-state index is 0.879. The zero-order valence-corrected chi connectivity index (χ0v) is 27.2. The molecule has 0 amide bonds. The lowest BCUT2D eigenvalue weighted by Crippen LogP contribution is -2.10. The monoisotopic (exact) mass is 644 g/mol. The van der Waals surface area contributed by atoms with Gasteiger partial charge in [-0.2, -0.15) is 4.80 Å². The van der Waals surface area contributed by atoms with Crippen LogP contribution in [0.2, 0.25) is 0 Å². The van der Waals surface area contributed by atoms with Crippen LogP contribution in [0, 0.1) is 0 Å². The molecular weight excluding hydrogens is 617 g/mol. The fourth-order valence-electron chi connectivity index (χ4n) is 7.13. The fourth-order valence-corrected chi connectivity index (χ4v) is 8.26. The maximum absolute atomic E-state index is 5.00. The Morgan fingerprint density at radius 1 is 0.469 bits per heavy atom. The van der Waals surface area contributed by atoms with E-state index in [-0.39, 0.29) is 0 Å². The van der Waals surface area contributed by atoms with E-state index in [0.717, 1.165) is 55.3 Å². The molecule has 10 rings (SSSR count). The van der Waals surface area contributed by atoms with Crippen LogP contribution in [0.5, 0.6) is 0 Å². The summed E-state index contributed by atoms with van der Waals surface area (Å²) in [6.45, 7) is 0. The summed E-state index contributed by atoms with van der Waals surface area (Å²) in [5.74, 6) is 0. The third-order valence-electron chi connectivity index (χ3n) is 9.43. The summed E-state index contributed by atoms with van der Waals surface area (Å²) in [6.07, 6.45) is 0. The largest absolute Gasteiger partial charge is 0.310 e. The number of aromatic nitrogens is 3. The first-order valence-corrected chi connectivity index (χ1v) is 17.2. The Hall–Kier alpha value is -6.30. The van der Waals surface area contributed by atoms with E-state index >= 15 is 0 Å². The first-order chi connectivity index (χ1) is 24.3. The quantitative estimate of drug-likeness (QED) is 0.175. The molecule has 4 nitrogen and oxygen atoms in total. The van der Waals surface area contributed by atoms with Crippen molar-refractivity contribution in [3.8, 4) is 16.8 Å². The molecule has 230 valence electrons. The highest BCUT2D eigenvalue weighted by molar-refractivity contribution is 7.26. The number of anilines is 3. The molecule has 5 heteroatoms. The Balaban J connectivity index is 1.18. The van der Waals surface area contributed by atoms with Gasteiger partial charge in [-0.05, 0) is 87.9 Å². The number of hydrogen-bond acceptors (Lipinski definition) is 4. The van der Waals surface area contributed by atoms with Crippen molar-refractivity contribution >= 4 is 81.1 Å². The summed E-state index contributed by atoms with van der Waals surface area (Å²) in [5, 5.41) is 17.0. The van der Waals surface area contributed by atoms with Gasteiger partial charge in [-0.15, -0.1) is 21.5 Å². The van der Waals surface area contributed by atoms with Gasteiger partial charge in [0, 0.05) is 36.9 Å². The van der Waals surface area contributed by atoms with Gasteiger partial charge >= 0.3 is 0 Å². The molecule has 2 heterocycles. The molecule has 0 radical (unpaired) electrons. The van der Waals surface area contributed by atoms with Crippen molar-refractivity contribution in [2.75, 3.05) is 4.90 Å². The fraction of sp³-hybridized carbons (Fsp3) is 0. The van der Waals surface area contributed by atoms with E-state index in [4.69, 9.17) is 10.2 Å². The lowest BCUT2D eigenvalue weighted by Gasteiger charge is -2.27. The predicted octanol–water partition coefficient (Wildman–Crippen LogP) is 12.2. The van der Waals surface area contributed by atoms with Crippen LogP contribution in [-0.2, 0) is 0 Å². The van der Waals surface area contributed by atoms with Crippen molar-refractivity contribution in [3.63, 3.8) is 0 Å². The maximum Gasteiger partial charge on any atom is 0.122 e. The lowest BCUT2D eigenvalue weighted by atomic mass is 9.99. The van der Waals surface area contributed by atoms with E-state index < -0.39 is 0 Å². The number of thiophene rings is 1. The van der Waals surface area contributed by atoms with Crippen LogP contribution < -0.4 is 4.90 Å². The highest BCUT2D eigenvalue weighted by Gasteiger charge is 2.20. The Morgan fingerprint density at radius 3 is 2.02 bits per heavy atom. The van der Waals surface area contributed by atoms with Crippen LogP contribution in [0.3, 0.4) is 0 Å². The Labute approximate surface area is 286 Å². The van der Waals surface area contributed by atoms with E-state index in [2.05, 4.69) is 144 Å². The average Bonchev–Trinajstić information content (AvgIpc) is 3.78. The smallest absolute Gasteiger partial charge is 0.122 e. The molecule has 0 aliphatic carbocycles. The molecule has 2 aromatic heterocycles. The molecule has 0 unspecified atom stereocenters. The van der Waals surface area contributed by atoms with Crippen molar-refractivity contribution < 1.29 is 0 Å². The minimum absolute atomic E-state index is 0.879. The Bertz CT molecular complexity index is 2820. The molecule has 0 spiro atoms. The summed E-state index contributed by atoms with van der Waals surface area (Å²) < 4.78 is 2.57. The van der Waals surface area contributed by atoms with Gasteiger partial charge in [0.2, 0.25) is 0 Å². The molecule has 49 heavy (non-hydrogen) atoms. The van der Waals surface area contributed by atoms with Crippen LogP contribution in [0.1, 0.15) is 0 Å². The molecule has 8 aromatic carbocycles. The third kappa shape index (κ3) is 4.59. The van der Waals surface area contributed by atoms with Gasteiger partial charge in [0.15, 0.2) is 0 Å². The van der Waals surface area contributed by atoms with Crippen LogP contribution in [0.25, 0.3) is 69.6 Å². The van der Waals surface area contributed by atoms with Crippen LogP contribution >= 0.6 is 11.3 Å². The van der Waals surface area contributed by atoms with Gasteiger partial charge in [-0.1, -0.05) is 109 Å². The molecule has 0 aliphatic rings. The van der Waals surface area contributed by atoms with Crippen LogP contribution in [0.4, 0.5) is 17.1 Å². The number of nitrogens with zero attached hydrogens (tertiary/aromatic N) is 4. The van der Waals surface area contributed by atoms with E-state index in [1.165, 1.54) is 31.3 Å². The Morgan fingerprint density at radius 2 is 1.16 bits per heavy atom. The summed E-state index contributed by atoms with van der Waals surface area (Å²) in [5.41, 5.74) is 8.50. The molecule has 0 saturated carbocycles. The maximum atomic E-state index is 5.00. The Kier molecular flexibility index (Phi) is 6.32. The molecule has 0 atom stereocenters. The molecule has 0 N–H and O–H groups in total. The minimum Gasteiger partial charge on any atom is -0.310 e. The highest BCUT2D eigenvalue weighted by Crippen LogP contribution is 2.46. The van der Waals surface area contributed by atoms with Gasteiger partial charge < -0.3 is 4.90 Å². The van der Waals surface area contributed by atoms with Gasteiger partial charge in [0.25, 0.3) is 0 Å². The number of rotatable bonds is 5. The first kappa shape index (κ1) is 27.8. The van der Waals surface area contributed by atoms with E-state index in [0.29, 0.717) is 0 Å². The van der Waals surface area contributed by atoms with Crippen molar-refractivity contribution in [1.29, 1.82) is 0 Å². The first-order valence-electron chi connectivity index (χ1n) is 16.4. The molecule has 0 saturated heterocycles. The SMILES string of the molecule is c1ccc(-c2ccc(N(c3ccc4c(ccc5ccc6nn(-c7ccccc7)nc6c54)c3)c3cccc4sc5ccccc5c34)cc2)cc1. The molecule has 0 bridgehead atoms. The second-order valence-electron chi connectivity index (χ2n) is 12.3. The van der Waals surface area contributed by atoms with E-state index in [1.54, 1.807) is 4.80 Å². The summed E-state index contributed by atoms with van der Waals surface area (Å²) in [4.78, 5) is 4.15. The van der Waals surface area contributed by atoms with Crippen molar-refractivity contribution in [1.82, 2.24) is 15.0 Å². The number of fused-ring (bicyclic) bond motifs is 8. The van der Waals surface area contributed by atoms with Crippen molar-refractivity contribution in [2.24, 2.45) is 0 Å². The van der Waals surface area contributed by atoms with E-state index in [1.807, 2.05) is 41.7 Å².